The van der Waals surface area contributed by atoms with E-state index in [2.05, 4.69) is 37.5 Å². The minimum Gasteiger partial charge on any atom is -0.255 e. The minimum absolute atomic E-state index is 0.435. The van der Waals surface area contributed by atoms with E-state index in [0.29, 0.717) is 16.0 Å². The molecule has 0 aliphatic carbocycles. The molecule has 3 rings (SSSR count). The fraction of sp³-hybridized carbons (Fsp3) is 0. The Morgan fingerprint density at radius 3 is 2.68 bits per heavy atom. The Hall–Kier alpha value is -0.980. The highest BCUT2D eigenvalue weighted by Gasteiger charge is 2.11. The molecule has 3 aromatic rings. The van der Waals surface area contributed by atoms with Gasteiger partial charge >= 0.3 is 0 Å². The molecule has 0 saturated heterocycles. The first-order valence-electron chi connectivity index (χ1n) is 5.38. The quantitative estimate of drug-likeness (QED) is 0.441. The summed E-state index contributed by atoms with van der Waals surface area (Å²) in [6, 6.07) is 7.44. The maximum atomic E-state index is 6.16. The highest BCUT2D eigenvalue weighted by Crippen LogP contribution is 2.30. The minimum atomic E-state index is 0.435. The van der Waals surface area contributed by atoms with Crippen molar-refractivity contribution in [1.82, 2.24) is 15.0 Å². The molecular formula is C13H6Cl2IN3. The lowest BCUT2D eigenvalue weighted by molar-refractivity contribution is 1.16. The zero-order valence-corrected chi connectivity index (χ0v) is 13.1. The first-order chi connectivity index (χ1) is 9.16. The van der Waals surface area contributed by atoms with Crippen molar-refractivity contribution in [3.8, 4) is 11.4 Å². The van der Waals surface area contributed by atoms with Crippen LogP contribution in [0.5, 0.6) is 0 Å². The van der Waals surface area contributed by atoms with Gasteiger partial charge in [-0.1, -0.05) is 23.2 Å². The van der Waals surface area contributed by atoms with E-state index < -0.39 is 0 Å². The van der Waals surface area contributed by atoms with Crippen LogP contribution in [0.3, 0.4) is 0 Å². The average molecular weight is 402 g/mol. The summed E-state index contributed by atoms with van der Waals surface area (Å²) in [5, 5.41) is 1.97. The second kappa shape index (κ2) is 5.19. The Kier molecular flexibility index (Phi) is 3.56. The summed E-state index contributed by atoms with van der Waals surface area (Å²) >= 11 is 14.3. The Morgan fingerprint density at radius 1 is 1.05 bits per heavy atom. The lowest BCUT2D eigenvalue weighted by atomic mass is 10.1. The molecule has 2 aromatic heterocycles. The normalized spacial score (nSPS) is 10.9. The molecule has 6 heteroatoms. The van der Waals surface area contributed by atoms with E-state index in [0.717, 1.165) is 20.0 Å². The second-order valence-corrected chi connectivity index (χ2v) is 5.75. The Morgan fingerprint density at radius 2 is 1.89 bits per heavy atom. The van der Waals surface area contributed by atoms with Crippen LogP contribution >= 0.6 is 45.8 Å². The summed E-state index contributed by atoms with van der Waals surface area (Å²) in [6.07, 6.45) is 3.41. The van der Waals surface area contributed by atoms with E-state index in [4.69, 9.17) is 23.2 Å². The predicted octanol–water partition coefficient (Wildman–Crippen LogP) is 4.60. The van der Waals surface area contributed by atoms with Crippen LogP contribution in [-0.4, -0.2) is 15.0 Å². The van der Waals surface area contributed by atoms with E-state index in [1.165, 1.54) is 0 Å². The van der Waals surface area contributed by atoms with Crippen molar-refractivity contribution in [2.75, 3.05) is 0 Å². The van der Waals surface area contributed by atoms with Gasteiger partial charge in [-0.15, -0.1) is 0 Å². The number of pyridine rings is 1. The zero-order chi connectivity index (χ0) is 13.4. The van der Waals surface area contributed by atoms with Gasteiger partial charge in [0.2, 0.25) is 0 Å². The van der Waals surface area contributed by atoms with E-state index in [1.807, 2.05) is 24.3 Å². The predicted molar refractivity (Wildman–Crippen MR) is 85.5 cm³/mol. The first-order valence-corrected chi connectivity index (χ1v) is 7.22. The van der Waals surface area contributed by atoms with Gasteiger partial charge in [0.1, 0.15) is 5.15 Å². The number of nitrogens with zero attached hydrogens (tertiary/aromatic N) is 3. The molecule has 19 heavy (non-hydrogen) atoms. The van der Waals surface area contributed by atoms with Crippen LogP contribution in [0, 0.1) is 3.57 Å². The average Bonchev–Trinajstić information content (AvgIpc) is 2.43. The van der Waals surface area contributed by atoms with Crippen LogP contribution in [-0.2, 0) is 0 Å². The molecule has 0 radical (unpaired) electrons. The highest BCUT2D eigenvalue weighted by molar-refractivity contribution is 14.1. The molecule has 0 fully saturated rings. The maximum absolute atomic E-state index is 6.16. The summed E-state index contributed by atoms with van der Waals surface area (Å²) in [5.41, 5.74) is 1.59. The molecule has 0 N–H and O–H groups in total. The number of halogens is 3. The van der Waals surface area contributed by atoms with Crippen molar-refractivity contribution in [1.29, 1.82) is 0 Å². The molecule has 3 nitrogen and oxygen atoms in total. The largest absolute Gasteiger partial charge is 0.255 e. The number of fused-ring (bicyclic) bond motifs is 1. The number of benzene rings is 1. The molecule has 1 aromatic carbocycles. The summed E-state index contributed by atoms with van der Waals surface area (Å²) in [5.74, 6) is 0.547. The van der Waals surface area contributed by atoms with Crippen LogP contribution in [0.15, 0.2) is 36.7 Å². The number of aromatic nitrogens is 3. The van der Waals surface area contributed by atoms with Crippen LogP contribution in [0.1, 0.15) is 0 Å². The summed E-state index contributed by atoms with van der Waals surface area (Å²) in [4.78, 5) is 13.0. The van der Waals surface area contributed by atoms with Gasteiger partial charge in [-0.2, -0.15) is 0 Å². The van der Waals surface area contributed by atoms with Crippen molar-refractivity contribution < 1.29 is 0 Å². The lowest BCUT2D eigenvalue weighted by Gasteiger charge is -2.06. The Labute approximate surface area is 133 Å². The third-order valence-electron chi connectivity index (χ3n) is 2.66. The molecule has 94 valence electrons. The van der Waals surface area contributed by atoms with Crippen LogP contribution in [0.4, 0.5) is 0 Å². The van der Waals surface area contributed by atoms with Gasteiger partial charge in [0.05, 0.1) is 14.1 Å². The molecule has 0 bridgehead atoms. The summed E-state index contributed by atoms with van der Waals surface area (Å²) < 4.78 is 0.814. The number of hydrogen-bond acceptors (Lipinski definition) is 3. The van der Waals surface area contributed by atoms with Gasteiger partial charge < -0.3 is 0 Å². The van der Waals surface area contributed by atoms with Gasteiger partial charge in [-0.3, -0.25) is 4.98 Å². The number of rotatable bonds is 1. The van der Waals surface area contributed by atoms with E-state index in [-0.39, 0.29) is 0 Å². The molecule has 0 amide bonds. The Balaban J connectivity index is 2.31. The summed E-state index contributed by atoms with van der Waals surface area (Å²) in [7, 11) is 0. The topological polar surface area (TPSA) is 38.7 Å². The molecule has 0 aliphatic heterocycles. The van der Waals surface area contributed by atoms with Gasteiger partial charge in [-0.05, 0) is 46.9 Å². The molecule has 0 atom stereocenters. The van der Waals surface area contributed by atoms with Gasteiger partial charge in [0.15, 0.2) is 5.82 Å². The fourth-order valence-electron chi connectivity index (χ4n) is 1.79. The molecule has 2 heterocycles. The third kappa shape index (κ3) is 2.40. The van der Waals surface area contributed by atoms with E-state index in [9.17, 15) is 0 Å². The van der Waals surface area contributed by atoms with Gasteiger partial charge in [0, 0.05) is 23.3 Å². The zero-order valence-electron chi connectivity index (χ0n) is 9.44. The number of hydrogen-bond donors (Lipinski definition) is 0. The molecular weight excluding hydrogens is 396 g/mol. The molecule has 0 unspecified atom stereocenters. The second-order valence-electron chi connectivity index (χ2n) is 3.83. The van der Waals surface area contributed by atoms with Gasteiger partial charge in [-0.25, -0.2) is 9.97 Å². The maximum Gasteiger partial charge on any atom is 0.163 e. The van der Waals surface area contributed by atoms with E-state index >= 15 is 0 Å². The van der Waals surface area contributed by atoms with Crippen molar-refractivity contribution in [3.05, 3.63) is 50.4 Å². The molecule has 0 saturated carbocycles. The van der Waals surface area contributed by atoms with Crippen LogP contribution in [0.2, 0.25) is 10.2 Å². The summed E-state index contributed by atoms with van der Waals surface area (Å²) in [6.45, 7) is 0. The van der Waals surface area contributed by atoms with Gasteiger partial charge in [0.25, 0.3) is 0 Å². The third-order valence-corrected chi connectivity index (χ3v) is 4.38. The van der Waals surface area contributed by atoms with Crippen molar-refractivity contribution in [2.24, 2.45) is 0 Å². The first kappa shape index (κ1) is 13.0. The van der Waals surface area contributed by atoms with Crippen molar-refractivity contribution >= 4 is 56.7 Å². The molecule has 0 aliphatic rings. The lowest BCUT2D eigenvalue weighted by Crippen LogP contribution is -1.93. The standard InChI is InChI=1S/C13H6Cl2IN3/c14-9-4-3-8(11-7(9)2-1-5-17-11)13-18-6-10(16)12(15)19-13/h1-6H. The monoisotopic (exact) mass is 401 g/mol. The SMILES string of the molecule is Clc1nc(-c2ccc(Cl)c3cccnc23)ncc1I. The molecule has 0 spiro atoms. The highest BCUT2D eigenvalue weighted by atomic mass is 127. The Bertz CT molecular complexity index is 777. The van der Waals surface area contributed by atoms with Crippen LogP contribution in [0.25, 0.3) is 22.3 Å². The van der Waals surface area contributed by atoms with E-state index in [1.54, 1.807) is 12.4 Å². The van der Waals surface area contributed by atoms with Crippen LogP contribution < -0.4 is 0 Å². The van der Waals surface area contributed by atoms with Crippen molar-refractivity contribution in [3.63, 3.8) is 0 Å². The smallest absolute Gasteiger partial charge is 0.163 e. The van der Waals surface area contributed by atoms with Crippen molar-refractivity contribution in [2.45, 2.75) is 0 Å². The fourth-order valence-corrected chi connectivity index (χ4v) is 2.40.